The fourth-order valence-electron chi connectivity index (χ4n) is 0.943. The summed E-state index contributed by atoms with van der Waals surface area (Å²) >= 11 is 0. The van der Waals surface area contributed by atoms with E-state index in [1.165, 1.54) is 0 Å². The van der Waals surface area contributed by atoms with Gasteiger partial charge in [-0.25, -0.2) is 4.79 Å². The predicted octanol–water partition coefficient (Wildman–Crippen LogP) is -1.59. The van der Waals surface area contributed by atoms with E-state index in [9.17, 15) is 14.4 Å². The van der Waals surface area contributed by atoms with E-state index in [1.807, 2.05) is 0 Å². The maximum absolute atomic E-state index is 11.5. The molecule has 0 aromatic carbocycles. The molecule has 0 bridgehead atoms. The van der Waals surface area contributed by atoms with Gasteiger partial charge in [0.05, 0.1) is 6.42 Å². The van der Waals surface area contributed by atoms with Crippen LogP contribution >= 0.6 is 0 Å². The molecule has 0 spiro atoms. The largest absolute Gasteiger partial charge is 0.480 e. The van der Waals surface area contributed by atoms with Crippen molar-refractivity contribution in [2.75, 3.05) is 0 Å². The molecule has 7 heteroatoms. The van der Waals surface area contributed by atoms with Crippen molar-refractivity contribution in [1.29, 1.82) is 0 Å². The minimum absolute atomic E-state index is 0.400. The maximum atomic E-state index is 11.5. The third-order valence-electron chi connectivity index (χ3n) is 2.22. The highest BCUT2D eigenvalue weighted by Crippen LogP contribution is 2.01. The van der Waals surface area contributed by atoms with Crippen molar-refractivity contribution in [3.63, 3.8) is 0 Å². The van der Waals surface area contributed by atoms with Crippen LogP contribution in [0.2, 0.25) is 0 Å². The molecule has 2 amide bonds. The summed E-state index contributed by atoms with van der Waals surface area (Å²) in [5.41, 5.74) is 10.4. The zero-order chi connectivity index (χ0) is 12.9. The SMILES string of the molecule is CC(N)C(C)C(=O)N[C@@H](CC(N)=O)C(=O)O. The first-order valence-corrected chi connectivity index (χ1v) is 4.82. The number of aliphatic carboxylic acids is 1. The Kier molecular flexibility index (Phi) is 5.44. The van der Waals surface area contributed by atoms with Gasteiger partial charge in [-0.15, -0.1) is 0 Å². The van der Waals surface area contributed by atoms with Crippen LogP contribution in [0.25, 0.3) is 0 Å². The Morgan fingerprint density at radius 2 is 1.81 bits per heavy atom. The van der Waals surface area contributed by atoms with Crippen LogP contribution in [0.15, 0.2) is 0 Å². The van der Waals surface area contributed by atoms with Crippen LogP contribution in [0, 0.1) is 5.92 Å². The molecule has 0 radical (unpaired) electrons. The average molecular weight is 231 g/mol. The zero-order valence-electron chi connectivity index (χ0n) is 9.27. The van der Waals surface area contributed by atoms with Gasteiger partial charge in [0.25, 0.3) is 0 Å². The van der Waals surface area contributed by atoms with Crippen molar-refractivity contribution in [3.05, 3.63) is 0 Å². The summed E-state index contributed by atoms with van der Waals surface area (Å²) in [4.78, 5) is 32.8. The van der Waals surface area contributed by atoms with E-state index in [4.69, 9.17) is 16.6 Å². The van der Waals surface area contributed by atoms with Crippen LogP contribution in [-0.2, 0) is 14.4 Å². The number of hydrogen-bond donors (Lipinski definition) is 4. The molecule has 0 rings (SSSR count). The van der Waals surface area contributed by atoms with Crippen molar-refractivity contribution in [3.8, 4) is 0 Å². The van der Waals surface area contributed by atoms with Crippen molar-refractivity contribution in [2.45, 2.75) is 32.4 Å². The van der Waals surface area contributed by atoms with Crippen LogP contribution in [0.5, 0.6) is 0 Å². The molecule has 0 aromatic rings. The molecule has 7 nitrogen and oxygen atoms in total. The number of primary amides is 1. The lowest BCUT2D eigenvalue weighted by atomic mass is 10.0. The summed E-state index contributed by atoms with van der Waals surface area (Å²) in [7, 11) is 0. The summed E-state index contributed by atoms with van der Waals surface area (Å²) in [5.74, 6) is -3.14. The molecule has 0 saturated heterocycles. The van der Waals surface area contributed by atoms with Gasteiger partial charge in [-0.2, -0.15) is 0 Å². The first-order valence-electron chi connectivity index (χ1n) is 4.82. The van der Waals surface area contributed by atoms with Gasteiger partial charge in [-0.3, -0.25) is 9.59 Å². The molecule has 0 fully saturated rings. The fourth-order valence-corrected chi connectivity index (χ4v) is 0.943. The topological polar surface area (TPSA) is 136 Å². The molecule has 92 valence electrons. The minimum atomic E-state index is -1.30. The second kappa shape index (κ2) is 6.06. The van der Waals surface area contributed by atoms with E-state index >= 15 is 0 Å². The number of carbonyl (C=O) groups excluding carboxylic acids is 2. The lowest BCUT2D eigenvalue weighted by Gasteiger charge is -2.18. The molecule has 0 aliphatic rings. The van der Waals surface area contributed by atoms with Crippen molar-refractivity contribution in [2.24, 2.45) is 17.4 Å². The van der Waals surface area contributed by atoms with Crippen molar-refractivity contribution in [1.82, 2.24) is 5.32 Å². The second-order valence-electron chi connectivity index (χ2n) is 3.72. The standard InChI is InChI=1S/C9H17N3O4/c1-4(5(2)10)8(14)12-6(9(15)16)3-7(11)13/h4-6H,3,10H2,1-2H3,(H2,11,13)(H,12,14)(H,15,16)/t4?,5?,6-/m0/s1. The van der Waals surface area contributed by atoms with Crippen LogP contribution in [-0.4, -0.2) is 35.0 Å². The molecule has 0 saturated carbocycles. The first-order chi connectivity index (χ1) is 7.25. The highest BCUT2D eigenvalue weighted by atomic mass is 16.4. The highest BCUT2D eigenvalue weighted by Gasteiger charge is 2.25. The Bertz CT molecular complexity index is 290. The van der Waals surface area contributed by atoms with E-state index in [0.29, 0.717) is 0 Å². The third kappa shape index (κ3) is 4.74. The lowest BCUT2D eigenvalue weighted by molar-refractivity contribution is -0.143. The summed E-state index contributed by atoms with van der Waals surface area (Å²) in [5, 5.41) is 10.9. The van der Waals surface area contributed by atoms with Crippen LogP contribution in [0.1, 0.15) is 20.3 Å². The Balaban J connectivity index is 4.46. The Labute approximate surface area is 93.2 Å². The minimum Gasteiger partial charge on any atom is -0.480 e. The highest BCUT2D eigenvalue weighted by molar-refractivity contribution is 5.88. The van der Waals surface area contributed by atoms with E-state index in [-0.39, 0.29) is 0 Å². The molecule has 3 atom stereocenters. The fraction of sp³-hybridized carbons (Fsp3) is 0.667. The maximum Gasteiger partial charge on any atom is 0.326 e. The van der Waals surface area contributed by atoms with E-state index < -0.39 is 42.2 Å². The van der Waals surface area contributed by atoms with Gasteiger partial charge >= 0.3 is 5.97 Å². The van der Waals surface area contributed by atoms with Gasteiger partial charge in [0, 0.05) is 12.0 Å². The smallest absolute Gasteiger partial charge is 0.326 e. The summed E-state index contributed by atoms with van der Waals surface area (Å²) < 4.78 is 0. The average Bonchev–Trinajstić information content (AvgIpc) is 2.14. The summed E-state index contributed by atoms with van der Waals surface area (Å²) in [6, 6.07) is -1.70. The molecule has 0 aliphatic carbocycles. The Morgan fingerprint density at radius 1 is 1.31 bits per heavy atom. The van der Waals surface area contributed by atoms with E-state index in [1.54, 1.807) is 13.8 Å². The van der Waals surface area contributed by atoms with Gasteiger partial charge in [0.15, 0.2) is 0 Å². The predicted molar refractivity (Wildman–Crippen MR) is 56.2 cm³/mol. The van der Waals surface area contributed by atoms with Crippen LogP contribution < -0.4 is 16.8 Å². The van der Waals surface area contributed by atoms with E-state index in [2.05, 4.69) is 5.32 Å². The number of nitrogens with one attached hydrogen (secondary N) is 1. The van der Waals surface area contributed by atoms with E-state index in [0.717, 1.165) is 0 Å². The second-order valence-corrected chi connectivity index (χ2v) is 3.72. The number of carboxylic acids is 1. The molecular weight excluding hydrogens is 214 g/mol. The van der Waals surface area contributed by atoms with Gasteiger partial charge < -0.3 is 21.9 Å². The van der Waals surface area contributed by atoms with Crippen molar-refractivity contribution < 1.29 is 19.5 Å². The van der Waals surface area contributed by atoms with Crippen LogP contribution in [0.3, 0.4) is 0 Å². The van der Waals surface area contributed by atoms with Gasteiger partial charge in [0.2, 0.25) is 11.8 Å². The molecule has 0 aliphatic heterocycles. The van der Waals surface area contributed by atoms with Crippen molar-refractivity contribution >= 4 is 17.8 Å². The lowest BCUT2D eigenvalue weighted by Crippen LogP contribution is -2.48. The van der Waals surface area contributed by atoms with Crippen LogP contribution in [0.4, 0.5) is 0 Å². The zero-order valence-corrected chi connectivity index (χ0v) is 9.27. The Morgan fingerprint density at radius 3 is 2.12 bits per heavy atom. The number of carboxylic acid groups (broad SMARTS) is 1. The number of nitrogens with two attached hydrogens (primary N) is 2. The number of carbonyl (C=O) groups is 3. The number of hydrogen-bond acceptors (Lipinski definition) is 4. The number of rotatable bonds is 6. The van der Waals surface area contributed by atoms with Gasteiger partial charge in [-0.1, -0.05) is 6.92 Å². The monoisotopic (exact) mass is 231 g/mol. The molecule has 0 heterocycles. The molecule has 6 N–H and O–H groups in total. The molecule has 2 unspecified atom stereocenters. The molecular formula is C9H17N3O4. The quantitative estimate of drug-likeness (QED) is 0.437. The normalized spacial score (nSPS) is 15.9. The first kappa shape index (κ1) is 14.4. The summed E-state index contributed by atoms with van der Waals surface area (Å²) in [6.07, 6.45) is -0.438. The number of amides is 2. The Hall–Kier alpha value is -1.63. The van der Waals surface area contributed by atoms with Gasteiger partial charge in [-0.05, 0) is 6.92 Å². The molecule has 16 heavy (non-hydrogen) atoms. The van der Waals surface area contributed by atoms with Gasteiger partial charge in [0.1, 0.15) is 6.04 Å². The third-order valence-corrected chi connectivity index (χ3v) is 2.22. The summed E-state index contributed by atoms with van der Waals surface area (Å²) in [6.45, 7) is 3.21. The molecule has 0 aromatic heterocycles.